The zero-order valence-electron chi connectivity index (χ0n) is 12.9. The summed E-state index contributed by atoms with van der Waals surface area (Å²) in [6.45, 7) is 12.7. The monoisotopic (exact) mass is 252 g/mol. The summed E-state index contributed by atoms with van der Waals surface area (Å²) in [6.07, 6.45) is 7.50. The highest BCUT2D eigenvalue weighted by atomic mass is 15.4. The van der Waals surface area contributed by atoms with Crippen molar-refractivity contribution in [3.05, 3.63) is 12.2 Å². The molecule has 18 heavy (non-hydrogen) atoms. The van der Waals surface area contributed by atoms with E-state index >= 15 is 0 Å². The van der Waals surface area contributed by atoms with E-state index in [1.54, 1.807) is 0 Å². The Kier molecular flexibility index (Phi) is 4.18. The Morgan fingerprint density at radius 1 is 1.06 bits per heavy atom. The number of fused-ring (bicyclic) bond motifs is 1. The molecule has 1 aliphatic carbocycles. The lowest BCUT2D eigenvalue weighted by molar-refractivity contribution is -0.958. The summed E-state index contributed by atoms with van der Waals surface area (Å²) >= 11 is 0. The van der Waals surface area contributed by atoms with Gasteiger partial charge in [0, 0.05) is 11.8 Å². The van der Waals surface area contributed by atoms with E-state index < -0.39 is 0 Å². The highest BCUT2D eigenvalue weighted by molar-refractivity contribution is 4.96. The van der Waals surface area contributed by atoms with Gasteiger partial charge < -0.3 is 8.97 Å². The minimum absolute atomic E-state index is 0.974. The molecule has 0 amide bonds. The molecule has 2 atom stereocenters. The zero-order chi connectivity index (χ0) is 13.2. The van der Waals surface area contributed by atoms with E-state index in [0.717, 1.165) is 11.8 Å². The number of rotatable bonds is 5. The predicted molar refractivity (Wildman–Crippen MR) is 78.3 cm³/mol. The third-order valence-electron chi connectivity index (χ3n) is 5.77. The van der Waals surface area contributed by atoms with Crippen LogP contribution in [0, 0.1) is 11.8 Å². The van der Waals surface area contributed by atoms with Gasteiger partial charge in [-0.1, -0.05) is 12.2 Å². The van der Waals surface area contributed by atoms with Crippen LogP contribution in [-0.4, -0.2) is 62.3 Å². The maximum atomic E-state index is 2.49. The molecule has 0 aromatic carbocycles. The number of likely N-dealkylation sites (tertiary alicyclic amines) is 1. The maximum Gasteiger partial charge on any atom is 0.128 e. The summed E-state index contributed by atoms with van der Waals surface area (Å²) in [7, 11) is 4.91. The van der Waals surface area contributed by atoms with Gasteiger partial charge in [0.2, 0.25) is 0 Å². The van der Waals surface area contributed by atoms with E-state index in [2.05, 4.69) is 40.1 Å². The van der Waals surface area contributed by atoms with Crippen LogP contribution in [0.4, 0.5) is 0 Å². The predicted octanol–water partition coefficient (Wildman–Crippen LogP) is 2.52. The van der Waals surface area contributed by atoms with Crippen molar-refractivity contribution in [2.45, 2.75) is 26.7 Å². The summed E-state index contributed by atoms with van der Waals surface area (Å²) in [5.41, 5.74) is 0. The summed E-state index contributed by atoms with van der Waals surface area (Å²) in [6, 6.07) is 0. The van der Waals surface area contributed by atoms with Gasteiger partial charge in [-0.2, -0.15) is 0 Å². The van der Waals surface area contributed by atoms with Gasteiger partial charge in [0.1, 0.15) is 13.1 Å². The van der Waals surface area contributed by atoms with Crippen LogP contribution in [-0.2, 0) is 0 Å². The van der Waals surface area contributed by atoms with E-state index in [4.69, 9.17) is 0 Å². The molecule has 2 heteroatoms. The summed E-state index contributed by atoms with van der Waals surface area (Å²) in [4.78, 5) is 0. The molecule has 0 spiro atoms. The van der Waals surface area contributed by atoms with Crippen LogP contribution in [0.15, 0.2) is 12.2 Å². The van der Waals surface area contributed by atoms with Crippen molar-refractivity contribution in [1.82, 2.24) is 0 Å². The number of nitrogens with zero attached hydrogens (tertiary/aromatic N) is 2. The Labute approximate surface area is 113 Å². The molecule has 1 heterocycles. The highest BCUT2D eigenvalue weighted by Crippen LogP contribution is 2.36. The molecular formula is C16H32N2+2. The van der Waals surface area contributed by atoms with Crippen LogP contribution >= 0.6 is 0 Å². The van der Waals surface area contributed by atoms with Crippen LogP contribution in [0.1, 0.15) is 26.7 Å². The fraction of sp³-hybridized carbons (Fsp3) is 0.875. The Balaban J connectivity index is 1.90. The number of hydrogen-bond acceptors (Lipinski definition) is 0. The lowest BCUT2D eigenvalue weighted by Crippen LogP contribution is -2.53. The molecule has 2 unspecified atom stereocenters. The van der Waals surface area contributed by atoms with Crippen LogP contribution in [0.5, 0.6) is 0 Å². The molecule has 0 radical (unpaired) electrons. The first kappa shape index (κ1) is 14.1. The van der Waals surface area contributed by atoms with Crippen LogP contribution in [0.2, 0.25) is 0 Å². The number of likely N-dealkylation sites (N-methyl/N-ethyl adjacent to an activating group) is 2. The van der Waals surface area contributed by atoms with E-state index in [1.165, 1.54) is 61.1 Å². The number of allylic oxidation sites excluding steroid dienone is 2. The van der Waals surface area contributed by atoms with E-state index in [-0.39, 0.29) is 0 Å². The van der Waals surface area contributed by atoms with Crippen LogP contribution < -0.4 is 0 Å². The highest BCUT2D eigenvalue weighted by Gasteiger charge is 2.43. The molecule has 0 saturated carbocycles. The lowest BCUT2D eigenvalue weighted by Gasteiger charge is -2.37. The molecule has 0 aromatic heterocycles. The quantitative estimate of drug-likeness (QED) is 0.521. The Morgan fingerprint density at radius 2 is 1.56 bits per heavy atom. The van der Waals surface area contributed by atoms with Crippen LogP contribution in [0.25, 0.3) is 0 Å². The summed E-state index contributed by atoms with van der Waals surface area (Å²) < 4.78 is 2.56. The molecule has 1 fully saturated rings. The SMILES string of the molecule is CC[N+](C)(CC)CC[N+]1(C)CC2CC=CCC2C1. The van der Waals surface area contributed by atoms with Gasteiger partial charge in [-0.15, -0.1) is 0 Å². The molecule has 1 saturated heterocycles. The first-order valence-corrected chi connectivity index (χ1v) is 7.82. The smallest absolute Gasteiger partial charge is 0.128 e. The van der Waals surface area contributed by atoms with Gasteiger partial charge in [-0.25, -0.2) is 0 Å². The average molecular weight is 252 g/mol. The van der Waals surface area contributed by atoms with Gasteiger partial charge >= 0.3 is 0 Å². The van der Waals surface area contributed by atoms with Crippen molar-refractivity contribution in [1.29, 1.82) is 0 Å². The molecule has 2 nitrogen and oxygen atoms in total. The van der Waals surface area contributed by atoms with E-state index in [1.807, 2.05) is 0 Å². The first-order valence-electron chi connectivity index (χ1n) is 7.82. The third-order valence-corrected chi connectivity index (χ3v) is 5.77. The van der Waals surface area contributed by atoms with Gasteiger partial charge in [0.05, 0.1) is 40.3 Å². The normalized spacial score (nSPS) is 35.8. The molecule has 1 aliphatic heterocycles. The zero-order valence-corrected chi connectivity index (χ0v) is 12.9. The van der Waals surface area contributed by atoms with Gasteiger partial charge in [0.25, 0.3) is 0 Å². The van der Waals surface area contributed by atoms with Crippen molar-refractivity contribution >= 4 is 0 Å². The van der Waals surface area contributed by atoms with Crippen molar-refractivity contribution in [3.8, 4) is 0 Å². The number of quaternary nitrogens is 2. The molecule has 0 bridgehead atoms. The Hall–Kier alpha value is -0.340. The van der Waals surface area contributed by atoms with Gasteiger partial charge in [-0.3, -0.25) is 0 Å². The van der Waals surface area contributed by atoms with Gasteiger partial charge in [-0.05, 0) is 26.7 Å². The fourth-order valence-corrected chi connectivity index (χ4v) is 3.79. The summed E-state index contributed by atoms with van der Waals surface area (Å²) in [5, 5.41) is 0. The minimum Gasteiger partial charge on any atom is -0.322 e. The fourth-order valence-electron chi connectivity index (χ4n) is 3.79. The maximum absolute atomic E-state index is 2.49. The molecule has 0 aromatic rings. The largest absolute Gasteiger partial charge is 0.322 e. The van der Waals surface area contributed by atoms with Crippen molar-refractivity contribution in [2.24, 2.45) is 11.8 Å². The first-order chi connectivity index (χ1) is 8.50. The summed E-state index contributed by atoms with van der Waals surface area (Å²) in [5.74, 6) is 1.95. The second-order valence-electron chi connectivity index (χ2n) is 7.15. The minimum atomic E-state index is 0.974. The third kappa shape index (κ3) is 2.97. The van der Waals surface area contributed by atoms with E-state index in [0.29, 0.717) is 0 Å². The van der Waals surface area contributed by atoms with Crippen molar-refractivity contribution < 1.29 is 8.97 Å². The molecule has 104 valence electrons. The average Bonchev–Trinajstić information content (AvgIpc) is 2.73. The van der Waals surface area contributed by atoms with Crippen molar-refractivity contribution in [2.75, 3.05) is 53.4 Å². The Bertz CT molecular complexity index is 288. The second kappa shape index (κ2) is 5.34. The molecular weight excluding hydrogens is 220 g/mol. The van der Waals surface area contributed by atoms with Crippen molar-refractivity contribution in [3.63, 3.8) is 0 Å². The second-order valence-corrected chi connectivity index (χ2v) is 7.15. The number of hydrogen-bond donors (Lipinski definition) is 0. The Morgan fingerprint density at radius 3 is 2.00 bits per heavy atom. The molecule has 2 rings (SSSR count). The molecule has 0 N–H and O–H groups in total. The lowest BCUT2D eigenvalue weighted by atomic mass is 9.86. The van der Waals surface area contributed by atoms with Gasteiger partial charge in [0.15, 0.2) is 0 Å². The van der Waals surface area contributed by atoms with E-state index in [9.17, 15) is 0 Å². The molecule has 2 aliphatic rings. The standard InChI is InChI=1S/C16H32N2/c1-5-17(3,6-2)11-12-18(4)13-15-9-7-8-10-16(15)14-18/h7-8,15-16H,5-6,9-14H2,1-4H3/q+2. The topological polar surface area (TPSA) is 0 Å². The van der Waals surface area contributed by atoms with Crippen LogP contribution in [0.3, 0.4) is 0 Å².